The fourth-order valence-electron chi connectivity index (χ4n) is 1.68. The summed E-state index contributed by atoms with van der Waals surface area (Å²) in [5.74, 6) is 0. The summed E-state index contributed by atoms with van der Waals surface area (Å²) in [6, 6.07) is 5.69. The number of hydrogen-bond acceptors (Lipinski definition) is 4. The Kier molecular flexibility index (Phi) is 3.05. The zero-order chi connectivity index (χ0) is 11.5. The number of benzene rings is 1. The van der Waals surface area contributed by atoms with Crippen molar-refractivity contribution in [1.82, 2.24) is 5.32 Å². The van der Waals surface area contributed by atoms with E-state index >= 15 is 0 Å². The molecule has 0 spiro atoms. The fourth-order valence-corrected chi connectivity index (χ4v) is 1.68. The molecule has 2 N–H and O–H groups in total. The molecule has 1 aromatic carbocycles. The first-order chi connectivity index (χ1) is 7.70. The van der Waals surface area contributed by atoms with Gasteiger partial charge in [0.05, 0.1) is 11.0 Å². The van der Waals surface area contributed by atoms with Crippen LogP contribution in [0.4, 0.5) is 11.4 Å². The van der Waals surface area contributed by atoms with Gasteiger partial charge in [0.15, 0.2) is 0 Å². The van der Waals surface area contributed by atoms with Crippen LogP contribution in [0.1, 0.15) is 12.5 Å². The lowest BCUT2D eigenvalue weighted by molar-refractivity contribution is -0.384. The largest absolute Gasteiger partial charge is 0.374 e. The third-order valence-corrected chi connectivity index (χ3v) is 2.81. The summed E-state index contributed by atoms with van der Waals surface area (Å²) in [6.45, 7) is 3.72. The van der Waals surface area contributed by atoms with Gasteiger partial charge in [-0.25, -0.2) is 0 Å². The number of nitrogens with zero attached hydrogens (tertiary/aromatic N) is 1. The van der Waals surface area contributed by atoms with Gasteiger partial charge in [-0.3, -0.25) is 10.1 Å². The van der Waals surface area contributed by atoms with Gasteiger partial charge in [0.25, 0.3) is 5.69 Å². The minimum absolute atomic E-state index is 0.172. The van der Waals surface area contributed by atoms with E-state index in [1.54, 1.807) is 12.1 Å². The van der Waals surface area contributed by atoms with E-state index in [9.17, 15) is 10.1 Å². The average Bonchev–Trinajstić information content (AvgIpc) is 2.23. The monoisotopic (exact) mass is 221 g/mol. The lowest BCUT2D eigenvalue weighted by atomic mass is 10.1. The van der Waals surface area contributed by atoms with Crippen LogP contribution in [0.3, 0.4) is 0 Å². The molecule has 0 saturated carbocycles. The first-order valence-corrected chi connectivity index (χ1v) is 5.45. The molecule has 1 heterocycles. The van der Waals surface area contributed by atoms with Crippen molar-refractivity contribution in [2.75, 3.05) is 18.4 Å². The van der Waals surface area contributed by atoms with Crippen molar-refractivity contribution in [3.05, 3.63) is 33.9 Å². The SMILES string of the molecule is CCc1ccc(NC2CNC2)c([N+](=O)[O-])c1. The zero-order valence-electron chi connectivity index (χ0n) is 9.19. The molecule has 1 aromatic rings. The van der Waals surface area contributed by atoms with Crippen molar-refractivity contribution in [3.8, 4) is 0 Å². The first kappa shape index (κ1) is 10.9. The number of nitrogens with one attached hydrogen (secondary N) is 2. The zero-order valence-corrected chi connectivity index (χ0v) is 9.19. The lowest BCUT2D eigenvalue weighted by Gasteiger charge is -2.28. The summed E-state index contributed by atoms with van der Waals surface area (Å²) < 4.78 is 0. The Morgan fingerprint density at radius 2 is 2.31 bits per heavy atom. The van der Waals surface area contributed by atoms with Crippen LogP contribution >= 0.6 is 0 Å². The number of nitro benzene ring substituents is 1. The average molecular weight is 221 g/mol. The highest BCUT2D eigenvalue weighted by Crippen LogP contribution is 2.26. The Hall–Kier alpha value is -1.62. The molecule has 16 heavy (non-hydrogen) atoms. The third-order valence-electron chi connectivity index (χ3n) is 2.81. The highest BCUT2D eigenvalue weighted by molar-refractivity contribution is 5.63. The van der Waals surface area contributed by atoms with Crippen LogP contribution < -0.4 is 10.6 Å². The van der Waals surface area contributed by atoms with E-state index in [0.717, 1.165) is 25.1 Å². The second-order valence-corrected chi connectivity index (χ2v) is 3.96. The van der Waals surface area contributed by atoms with Gasteiger partial charge in [-0.15, -0.1) is 0 Å². The van der Waals surface area contributed by atoms with Crippen molar-refractivity contribution in [1.29, 1.82) is 0 Å². The Morgan fingerprint density at radius 3 is 2.81 bits per heavy atom. The van der Waals surface area contributed by atoms with Crippen LogP contribution in [0, 0.1) is 10.1 Å². The van der Waals surface area contributed by atoms with Gasteiger partial charge in [-0.05, 0) is 18.1 Å². The van der Waals surface area contributed by atoms with Crippen LogP contribution in [-0.2, 0) is 6.42 Å². The van der Waals surface area contributed by atoms with Crippen LogP contribution in [0.25, 0.3) is 0 Å². The van der Waals surface area contributed by atoms with Gasteiger partial charge >= 0.3 is 0 Å². The van der Waals surface area contributed by atoms with Crippen LogP contribution in [0.2, 0.25) is 0 Å². The molecular formula is C11H15N3O2. The lowest BCUT2D eigenvalue weighted by Crippen LogP contribution is -2.51. The predicted molar refractivity (Wildman–Crippen MR) is 62.8 cm³/mol. The highest BCUT2D eigenvalue weighted by Gasteiger charge is 2.21. The molecule has 5 heteroatoms. The van der Waals surface area contributed by atoms with Crippen LogP contribution in [0.15, 0.2) is 18.2 Å². The molecule has 0 amide bonds. The molecule has 1 aliphatic rings. The van der Waals surface area contributed by atoms with Crippen molar-refractivity contribution >= 4 is 11.4 Å². The molecule has 2 rings (SSSR count). The predicted octanol–water partition coefficient (Wildman–Crippen LogP) is 1.54. The molecule has 0 unspecified atom stereocenters. The molecule has 86 valence electrons. The summed E-state index contributed by atoms with van der Waals surface area (Å²) in [5.41, 5.74) is 1.78. The van der Waals surface area contributed by atoms with Gasteiger partial charge in [0.2, 0.25) is 0 Å². The Morgan fingerprint density at radius 1 is 1.56 bits per heavy atom. The number of anilines is 1. The van der Waals surface area contributed by atoms with E-state index in [1.807, 2.05) is 13.0 Å². The second-order valence-electron chi connectivity index (χ2n) is 3.96. The summed E-state index contributed by atoms with van der Waals surface area (Å²) in [7, 11) is 0. The summed E-state index contributed by atoms with van der Waals surface area (Å²) in [4.78, 5) is 10.6. The molecule has 0 bridgehead atoms. The maximum atomic E-state index is 10.9. The van der Waals surface area contributed by atoms with E-state index in [0.29, 0.717) is 11.7 Å². The van der Waals surface area contributed by atoms with E-state index in [2.05, 4.69) is 10.6 Å². The molecular weight excluding hydrogens is 206 g/mol. The highest BCUT2D eigenvalue weighted by atomic mass is 16.6. The number of aryl methyl sites for hydroxylation is 1. The quantitative estimate of drug-likeness (QED) is 0.598. The smallest absolute Gasteiger partial charge is 0.292 e. The maximum absolute atomic E-state index is 10.9. The Balaban J connectivity index is 2.24. The van der Waals surface area contributed by atoms with Gasteiger partial charge in [-0.1, -0.05) is 13.0 Å². The third kappa shape index (κ3) is 2.14. The van der Waals surface area contributed by atoms with Crippen molar-refractivity contribution in [2.45, 2.75) is 19.4 Å². The Labute approximate surface area is 94.0 Å². The fraction of sp³-hybridized carbons (Fsp3) is 0.455. The normalized spacial score (nSPS) is 15.6. The molecule has 5 nitrogen and oxygen atoms in total. The van der Waals surface area contributed by atoms with Crippen LogP contribution in [0.5, 0.6) is 0 Å². The minimum Gasteiger partial charge on any atom is -0.374 e. The van der Waals surface area contributed by atoms with E-state index < -0.39 is 0 Å². The molecule has 0 radical (unpaired) electrons. The van der Waals surface area contributed by atoms with Crippen LogP contribution in [-0.4, -0.2) is 24.1 Å². The van der Waals surface area contributed by atoms with Crippen molar-refractivity contribution in [2.24, 2.45) is 0 Å². The topological polar surface area (TPSA) is 67.2 Å². The van der Waals surface area contributed by atoms with Gasteiger partial charge in [-0.2, -0.15) is 0 Å². The van der Waals surface area contributed by atoms with Crippen molar-refractivity contribution < 1.29 is 4.92 Å². The number of hydrogen-bond donors (Lipinski definition) is 2. The molecule has 0 atom stereocenters. The molecule has 0 aliphatic carbocycles. The summed E-state index contributed by atoms with van der Waals surface area (Å²) in [6.07, 6.45) is 0.812. The van der Waals surface area contributed by atoms with Gasteiger partial charge in [0, 0.05) is 19.2 Å². The summed E-state index contributed by atoms with van der Waals surface area (Å²) >= 11 is 0. The first-order valence-electron chi connectivity index (χ1n) is 5.45. The van der Waals surface area contributed by atoms with Gasteiger partial charge < -0.3 is 10.6 Å². The van der Waals surface area contributed by atoms with E-state index in [-0.39, 0.29) is 10.6 Å². The molecule has 1 aliphatic heterocycles. The minimum atomic E-state index is -0.326. The van der Waals surface area contributed by atoms with E-state index in [1.165, 1.54) is 0 Å². The second kappa shape index (κ2) is 4.49. The summed E-state index contributed by atoms with van der Waals surface area (Å²) in [5, 5.41) is 17.2. The van der Waals surface area contributed by atoms with E-state index in [4.69, 9.17) is 0 Å². The van der Waals surface area contributed by atoms with Crippen molar-refractivity contribution in [3.63, 3.8) is 0 Å². The van der Waals surface area contributed by atoms with Gasteiger partial charge in [0.1, 0.15) is 5.69 Å². The molecule has 0 aromatic heterocycles. The standard InChI is InChI=1S/C11H15N3O2/c1-2-8-3-4-10(11(5-8)14(15)16)13-9-6-12-7-9/h3-5,9,12-13H,2,6-7H2,1H3. The Bertz CT molecular complexity index is 402. The molecule has 1 saturated heterocycles. The number of nitro groups is 1. The molecule has 1 fully saturated rings. The maximum Gasteiger partial charge on any atom is 0.292 e. The number of rotatable bonds is 4.